The fourth-order valence-electron chi connectivity index (χ4n) is 2.12. The number of nitrogens with zero attached hydrogens (tertiary/aromatic N) is 3. The molecule has 15 heavy (non-hydrogen) atoms. The van der Waals surface area contributed by atoms with Crippen molar-refractivity contribution in [1.82, 2.24) is 20.3 Å². The van der Waals surface area contributed by atoms with Gasteiger partial charge in [-0.15, -0.1) is 5.10 Å². The smallest absolute Gasteiger partial charge is 0.0964 e. The molecule has 1 aliphatic rings. The normalized spacial score (nSPS) is 26.0. The highest BCUT2D eigenvalue weighted by molar-refractivity contribution is 4.91. The fraction of sp³-hybridized carbons (Fsp3) is 0.800. The minimum atomic E-state index is -0.112. The molecule has 1 heterocycles. The van der Waals surface area contributed by atoms with Crippen LogP contribution in [0, 0.1) is 5.92 Å². The predicted molar refractivity (Wildman–Crippen MR) is 56.1 cm³/mol. The maximum absolute atomic E-state index is 9.62. The Morgan fingerprint density at radius 3 is 3.07 bits per heavy atom. The molecule has 1 aliphatic carbocycles. The van der Waals surface area contributed by atoms with Gasteiger partial charge in [-0.05, 0) is 18.8 Å². The topological polar surface area (TPSA) is 63.0 Å². The van der Waals surface area contributed by atoms with Gasteiger partial charge in [-0.2, -0.15) is 0 Å². The van der Waals surface area contributed by atoms with Crippen molar-refractivity contribution in [3.63, 3.8) is 0 Å². The van der Waals surface area contributed by atoms with E-state index < -0.39 is 0 Å². The van der Waals surface area contributed by atoms with Crippen LogP contribution < -0.4 is 5.32 Å². The van der Waals surface area contributed by atoms with Gasteiger partial charge in [0.2, 0.25) is 0 Å². The van der Waals surface area contributed by atoms with Gasteiger partial charge in [0.05, 0.1) is 11.8 Å². The van der Waals surface area contributed by atoms with Crippen LogP contribution in [-0.4, -0.2) is 32.7 Å². The van der Waals surface area contributed by atoms with E-state index in [9.17, 15) is 5.11 Å². The van der Waals surface area contributed by atoms with E-state index in [4.69, 9.17) is 0 Å². The Morgan fingerprint density at radius 1 is 1.60 bits per heavy atom. The van der Waals surface area contributed by atoms with Crippen LogP contribution >= 0.6 is 0 Å². The average molecular weight is 210 g/mol. The zero-order valence-electron chi connectivity index (χ0n) is 9.06. The molecule has 1 aromatic rings. The van der Waals surface area contributed by atoms with Crippen molar-refractivity contribution in [2.45, 2.75) is 31.9 Å². The summed E-state index contributed by atoms with van der Waals surface area (Å²) in [6, 6.07) is 0. The summed E-state index contributed by atoms with van der Waals surface area (Å²) in [5.41, 5.74) is 0.949. The van der Waals surface area contributed by atoms with Crippen LogP contribution in [0.3, 0.4) is 0 Å². The molecule has 0 aromatic carbocycles. The minimum Gasteiger partial charge on any atom is -0.393 e. The molecule has 84 valence electrons. The first-order valence-corrected chi connectivity index (χ1v) is 5.49. The van der Waals surface area contributed by atoms with E-state index in [1.807, 2.05) is 13.2 Å². The van der Waals surface area contributed by atoms with Crippen molar-refractivity contribution < 1.29 is 5.11 Å². The molecular weight excluding hydrogens is 192 g/mol. The lowest BCUT2D eigenvalue weighted by molar-refractivity contribution is 0.131. The molecule has 5 nitrogen and oxygen atoms in total. The molecule has 0 bridgehead atoms. The molecular formula is C10H18N4O. The van der Waals surface area contributed by atoms with Crippen LogP contribution in [0.5, 0.6) is 0 Å². The Balaban J connectivity index is 1.70. The van der Waals surface area contributed by atoms with Crippen LogP contribution in [-0.2, 0) is 13.6 Å². The first-order valence-electron chi connectivity index (χ1n) is 5.49. The third kappa shape index (κ3) is 2.76. The summed E-state index contributed by atoms with van der Waals surface area (Å²) < 4.78 is 1.70. The Labute approximate surface area is 89.5 Å². The van der Waals surface area contributed by atoms with Gasteiger partial charge < -0.3 is 10.4 Å². The minimum absolute atomic E-state index is 0.112. The molecule has 0 amide bonds. The number of aryl methyl sites for hydroxylation is 1. The number of aliphatic hydroxyl groups is 1. The molecule has 2 N–H and O–H groups in total. The van der Waals surface area contributed by atoms with E-state index >= 15 is 0 Å². The van der Waals surface area contributed by atoms with Crippen molar-refractivity contribution in [2.75, 3.05) is 6.54 Å². The summed E-state index contributed by atoms with van der Waals surface area (Å²) in [6.45, 7) is 1.61. The molecule has 2 rings (SSSR count). The molecule has 1 saturated carbocycles. The SMILES string of the molecule is Cn1cc(CNCC2CCCC2O)nn1. The lowest BCUT2D eigenvalue weighted by atomic mass is 10.1. The summed E-state index contributed by atoms with van der Waals surface area (Å²) >= 11 is 0. The van der Waals surface area contributed by atoms with Crippen molar-refractivity contribution in [2.24, 2.45) is 13.0 Å². The van der Waals surface area contributed by atoms with Crippen LogP contribution in [0.15, 0.2) is 6.20 Å². The van der Waals surface area contributed by atoms with Gasteiger partial charge in [-0.25, -0.2) is 0 Å². The highest BCUT2D eigenvalue weighted by Gasteiger charge is 2.24. The number of aliphatic hydroxyl groups excluding tert-OH is 1. The molecule has 0 saturated heterocycles. The monoisotopic (exact) mass is 210 g/mol. The summed E-state index contributed by atoms with van der Waals surface area (Å²) in [5.74, 6) is 0.418. The summed E-state index contributed by atoms with van der Waals surface area (Å²) in [6.07, 6.45) is 5.03. The summed E-state index contributed by atoms with van der Waals surface area (Å²) in [4.78, 5) is 0. The molecule has 1 fully saturated rings. The zero-order valence-corrected chi connectivity index (χ0v) is 9.06. The average Bonchev–Trinajstić information content (AvgIpc) is 2.77. The van der Waals surface area contributed by atoms with Crippen molar-refractivity contribution >= 4 is 0 Å². The zero-order chi connectivity index (χ0) is 10.7. The molecule has 2 atom stereocenters. The van der Waals surface area contributed by atoms with E-state index in [1.165, 1.54) is 0 Å². The van der Waals surface area contributed by atoms with Gasteiger partial charge >= 0.3 is 0 Å². The van der Waals surface area contributed by atoms with E-state index in [2.05, 4.69) is 15.6 Å². The maximum atomic E-state index is 9.62. The van der Waals surface area contributed by atoms with E-state index in [0.29, 0.717) is 5.92 Å². The number of hydrogen-bond acceptors (Lipinski definition) is 4. The molecule has 5 heteroatoms. The third-order valence-corrected chi connectivity index (χ3v) is 2.98. The van der Waals surface area contributed by atoms with Crippen molar-refractivity contribution in [3.8, 4) is 0 Å². The molecule has 0 spiro atoms. The van der Waals surface area contributed by atoms with Gasteiger partial charge in [0.25, 0.3) is 0 Å². The number of nitrogens with one attached hydrogen (secondary N) is 1. The Kier molecular flexibility index (Phi) is 3.33. The molecule has 0 aliphatic heterocycles. The van der Waals surface area contributed by atoms with Gasteiger partial charge in [-0.1, -0.05) is 11.6 Å². The van der Waals surface area contributed by atoms with Gasteiger partial charge in [0.1, 0.15) is 0 Å². The quantitative estimate of drug-likeness (QED) is 0.738. The predicted octanol–water partition coefficient (Wildman–Crippen LogP) is 0.0657. The maximum Gasteiger partial charge on any atom is 0.0964 e. The molecule has 1 aromatic heterocycles. The van der Waals surface area contributed by atoms with E-state index in [-0.39, 0.29) is 6.10 Å². The standard InChI is InChI=1S/C10H18N4O/c1-14-7-9(12-13-14)6-11-5-8-3-2-4-10(8)15/h7-8,10-11,15H,2-6H2,1H3. The van der Waals surface area contributed by atoms with Gasteiger partial charge in [0.15, 0.2) is 0 Å². The Morgan fingerprint density at radius 2 is 2.47 bits per heavy atom. The second-order valence-electron chi connectivity index (χ2n) is 4.27. The number of aromatic nitrogens is 3. The summed E-state index contributed by atoms with van der Waals surface area (Å²) in [5, 5.41) is 20.8. The summed E-state index contributed by atoms with van der Waals surface area (Å²) in [7, 11) is 1.86. The molecule has 2 unspecified atom stereocenters. The van der Waals surface area contributed by atoms with Crippen LogP contribution in [0.2, 0.25) is 0 Å². The van der Waals surface area contributed by atoms with Crippen LogP contribution in [0.25, 0.3) is 0 Å². The van der Waals surface area contributed by atoms with E-state index in [1.54, 1.807) is 4.68 Å². The van der Waals surface area contributed by atoms with Crippen molar-refractivity contribution in [1.29, 1.82) is 0 Å². The van der Waals surface area contributed by atoms with Crippen LogP contribution in [0.4, 0.5) is 0 Å². The fourth-order valence-corrected chi connectivity index (χ4v) is 2.12. The Bertz CT molecular complexity index is 312. The first kappa shape index (κ1) is 10.6. The highest BCUT2D eigenvalue weighted by atomic mass is 16.3. The Hall–Kier alpha value is -0.940. The molecule has 0 radical (unpaired) electrons. The second-order valence-corrected chi connectivity index (χ2v) is 4.27. The largest absolute Gasteiger partial charge is 0.393 e. The number of rotatable bonds is 4. The van der Waals surface area contributed by atoms with Crippen LogP contribution in [0.1, 0.15) is 25.0 Å². The lowest BCUT2D eigenvalue weighted by Crippen LogP contribution is -2.27. The van der Waals surface area contributed by atoms with E-state index in [0.717, 1.165) is 38.0 Å². The van der Waals surface area contributed by atoms with Gasteiger partial charge in [0, 0.05) is 26.3 Å². The first-order chi connectivity index (χ1) is 7.25. The second kappa shape index (κ2) is 4.72. The highest BCUT2D eigenvalue weighted by Crippen LogP contribution is 2.24. The third-order valence-electron chi connectivity index (χ3n) is 2.98. The van der Waals surface area contributed by atoms with Gasteiger partial charge in [-0.3, -0.25) is 4.68 Å². The number of hydrogen-bond donors (Lipinski definition) is 2. The van der Waals surface area contributed by atoms with Crippen molar-refractivity contribution in [3.05, 3.63) is 11.9 Å². The lowest BCUT2D eigenvalue weighted by Gasteiger charge is -2.14.